The molecule has 0 aromatic rings. The third-order valence-corrected chi connectivity index (χ3v) is 4.48. The third kappa shape index (κ3) is 2.24. The van der Waals surface area contributed by atoms with Gasteiger partial charge in [0.25, 0.3) is 0 Å². The largest absolute Gasteiger partial charge is 0.351 e. The molecule has 0 aromatic carbocycles. The number of carbonyl (C=O) groups excluding carboxylic acids is 1. The maximum absolute atomic E-state index is 11.4. The molecule has 3 fully saturated rings. The van der Waals surface area contributed by atoms with Crippen LogP contribution in [-0.4, -0.2) is 36.0 Å². The summed E-state index contributed by atoms with van der Waals surface area (Å²) < 4.78 is 0. The first-order valence-corrected chi connectivity index (χ1v) is 6.79. The number of hydrogen-bond acceptors (Lipinski definition) is 2. The van der Waals surface area contributed by atoms with Crippen LogP contribution in [0.5, 0.6) is 0 Å². The predicted octanol–water partition coefficient (Wildman–Crippen LogP) is 1.53. The minimum absolute atomic E-state index is 0.176. The molecule has 1 unspecified atom stereocenters. The van der Waals surface area contributed by atoms with Crippen molar-refractivity contribution in [3.05, 3.63) is 0 Å². The molecule has 1 N–H and O–H groups in total. The minimum atomic E-state index is 0.176. The van der Waals surface area contributed by atoms with E-state index in [0.29, 0.717) is 0 Å². The molecule has 2 saturated heterocycles. The molecule has 3 nitrogen and oxygen atoms in total. The van der Waals surface area contributed by atoms with Crippen molar-refractivity contribution in [1.29, 1.82) is 0 Å². The van der Waals surface area contributed by atoms with Crippen molar-refractivity contribution >= 4 is 5.91 Å². The van der Waals surface area contributed by atoms with Gasteiger partial charge < -0.3 is 10.2 Å². The van der Waals surface area contributed by atoms with E-state index in [2.05, 4.69) is 10.2 Å². The van der Waals surface area contributed by atoms with Gasteiger partial charge in [-0.1, -0.05) is 0 Å². The lowest BCUT2D eigenvalue weighted by Crippen LogP contribution is -2.42. The van der Waals surface area contributed by atoms with Gasteiger partial charge in [-0.25, -0.2) is 0 Å². The van der Waals surface area contributed by atoms with Gasteiger partial charge in [0.2, 0.25) is 5.91 Å². The highest BCUT2D eigenvalue weighted by Gasteiger charge is 2.39. The number of likely N-dealkylation sites (tertiary alicyclic amines) is 1. The van der Waals surface area contributed by atoms with Crippen LogP contribution in [0.3, 0.4) is 0 Å². The SMILES string of the molecule is O=C1CCC2(CCCN(CC3CC3)CC2)N1. The molecule has 1 amide bonds. The standard InChI is InChI=1S/C13H22N2O/c16-12-4-6-13(14-12)5-1-8-15(9-7-13)10-11-2-3-11/h11H,1-10H2,(H,14,16). The van der Waals surface area contributed by atoms with Crippen LogP contribution in [0.15, 0.2) is 0 Å². The molecule has 90 valence electrons. The smallest absolute Gasteiger partial charge is 0.220 e. The van der Waals surface area contributed by atoms with Gasteiger partial charge in [-0.05, 0) is 51.0 Å². The van der Waals surface area contributed by atoms with E-state index in [0.717, 1.165) is 18.8 Å². The molecule has 16 heavy (non-hydrogen) atoms. The fourth-order valence-electron chi connectivity index (χ4n) is 3.25. The summed E-state index contributed by atoms with van der Waals surface area (Å²) in [5.74, 6) is 1.27. The lowest BCUT2D eigenvalue weighted by atomic mass is 9.89. The van der Waals surface area contributed by atoms with Crippen molar-refractivity contribution in [2.75, 3.05) is 19.6 Å². The van der Waals surface area contributed by atoms with Crippen molar-refractivity contribution in [3.63, 3.8) is 0 Å². The Balaban J connectivity index is 1.57. The average molecular weight is 222 g/mol. The Bertz CT molecular complexity index is 288. The van der Waals surface area contributed by atoms with Gasteiger partial charge in [-0.3, -0.25) is 4.79 Å². The molecule has 0 radical (unpaired) electrons. The summed E-state index contributed by atoms with van der Waals surface area (Å²) in [5, 5.41) is 3.23. The van der Waals surface area contributed by atoms with Crippen LogP contribution in [0.4, 0.5) is 0 Å². The minimum Gasteiger partial charge on any atom is -0.351 e. The number of hydrogen-bond donors (Lipinski definition) is 1. The van der Waals surface area contributed by atoms with E-state index in [4.69, 9.17) is 0 Å². The lowest BCUT2D eigenvalue weighted by Gasteiger charge is -2.27. The van der Waals surface area contributed by atoms with E-state index in [1.54, 1.807) is 0 Å². The Morgan fingerprint density at radius 3 is 2.81 bits per heavy atom. The highest BCUT2D eigenvalue weighted by Crippen LogP contribution is 2.34. The maximum Gasteiger partial charge on any atom is 0.220 e. The van der Waals surface area contributed by atoms with Gasteiger partial charge in [0.1, 0.15) is 0 Å². The second-order valence-corrected chi connectivity index (χ2v) is 5.93. The summed E-state index contributed by atoms with van der Waals surface area (Å²) in [4.78, 5) is 14.0. The summed E-state index contributed by atoms with van der Waals surface area (Å²) in [7, 11) is 0. The van der Waals surface area contributed by atoms with Gasteiger partial charge in [-0.2, -0.15) is 0 Å². The first kappa shape index (κ1) is 10.6. The average Bonchev–Trinajstić information content (AvgIpc) is 3.01. The Morgan fingerprint density at radius 2 is 2.12 bits per heavy atom. The molecule has 1 aliphatic carbocycles. The summed E-state index contributed by atoms with van der Waals surface area (Å²) in [6.07, 6.45) is 8.33. The number of nitrogens with zero attached hydrogens (tertiary/aromatic N) is 1. The first-order chi connectivity index (χ1) is 7.76. The monoisotopic (exact) mass is 222 g/mol. The van der Waals surface area contributed by atoms with Crippen LogP contribution in [0, 0.1) is 5.92 Å². The van der Waals surface area contributed by atoms with Gasteiger partial charge in [0.15, 0.2) is 0 Å². The third-order valence-electron chi connectivity index (χ3n) is 4.48. The molecule has 1 spiro atoms. The van der Waals surface area contributed by atoms with Crippen molar-refractivity contribution < 1.29 is 4.79 Å². The number of carbonyl (C=O) groups is 1. The molecule has 0 bridgehead atoms. The highest BCUT2D eigenvalue weighted by molar-refractivity contribution is 5.79. The van der Waals surface area contributed by atoms with E-state index in [9.17, 15) is 4.79 Å². The summed E-state index contributed by atoms with van der Waals surface area (Å²) in [6.45, 7) is 3.74. The van der Waals surface area contributed by atoms with Crippen LogP contribution < -0.4 is 5.32 Å². The number of nitrogens with one attached hydrogen (secondary N) is 1. The van der Waals surface area contributed by atoms with Crippen molar-refractivity contribution in [1.82, 2.24) is 10.2 Å². The molecule has 1 saturated carbocycles. The fraction of sp³-hybridized carbons (Fsp3) is 0.923. The maximum atomic E-state index is 11.4. The molecule has 3 aliphatic rings. The molecule has 3 heteroatoms. The van der Waals surface area contributed by atoms with Crippen molar-refractivity contribution in [2.45, 2.75) is 50.5 Å². The van der Waals surface area contributed by atoms with Crippen LogP contribution in [-0.2, 0) is 4.79 Å². The first-order valence-electron chi connectivity index (χ1n) is 6.79. The van der Waals surface area contributed by atoms with E-state index in [1.165, 1.54) is 51.7 Å². The normalized spacial score (nSPS) is 36.4. The zero-order valence-corrected chi connectivity index (χ0v) is 10.0. The zero-order chi connectivity index (χ0) is 11.0. The Kier molecular flexibility index (Phi) is 2.66. The Morgan fingerprint density at radius 1 is 1.25 bits per heavy atom. The molecular formula is C13H22N2O. The lowest BCUT2D eigenvalue weighted by molar-refractivity contribution is -0.119. The fourth-order valence-corrected chi connectivity index (χ4v) is 3.25. The van der Waals surface area contributed by atoms with Gasteiger partial charge >= 0.3 is 0 Å². The molecule has 2 aliphatic heterocycles. The van der Waals surface area contributed by atoms with E-state index in [-0.39, 0.29) is 11.4 Å². The summed E-state index contributed by atoms with van der Waals surface area (Å²) >= 11 is 0. The van der Waals surface area contributed by atoms with Crippen LogP contribution in [0.2, 0.25) is 0 Å². The molecule has 3 rings (SSSR count). The summed E-state index contributed by atoms with van der Waals surface area (Å²) in [5.41, 5.74) is 0.176. The summed E-state index contributed by atoms with van der Waals surface area (Å²) in [6, 6.07) is 0. The Hall–Kier alpha value is -0.570. The topological polar surface area (TPSA) is 32.3 Å². The zero-order valence-electron chi connectivity index (χ0n) is 10.0. The van der Waals surface area contributed by atoms with Crippen molar-refractivity contribution in [3.8, 4) is 0 Å². The van der Waals surface area contributed by atoms with Crippen molar-refractivity contribution in [2.24, 2.45) is 5.92 Å². The quantitative estimate of drug-likeness (QED) is 0.768. The Labute approximate surface area is 97.6 Å². The number of rotatable bonds is 2. The van der Waals surface area contributed by atoms with Gasteiger partial charge in [0.05, 0.1) is 0 Å². The molecular weight excluding hydrogens is 200 g/mol. The van der Waals surface area contributed by atoms with Crippen LogP contribution >= 0.6 is 0 Å². The highest BCUT2D eigenvalue weighted by atomic mass is 16.2. The predicted molar refractivity (Wildman–Crippen MR) is 63.1 cm³/mol. The molecule has 2 heterocycles. The molecule has 0 aromatic heterocycles. The van der Waals surface area contributed by atoms with E-state index < -0.39 is 0 Å². The van der Waals surface area contributed by atoms with Crippen LogP contribution in [0.1, 0.15) is 44.9 Å². The van der Waals surface area contributed by atoms with Gasteiger partial charge in [0, 0.05) is 25.0 Å². The van der Waals surface area contributed by atoms with E-state index >= 15 is 0 Å². The second-order valence-electron chi connectivity index (χ2n) is 5.93. The van der Waals surface area contributed by atoms with Crippen LogP contribution in [0.25, 0.3) is 0 Å². The second kappa shape index (κ2) is 4.02. The van der Waals surface area contributed by atoms with E-state index in [1.807, 2.05) is 0 Å². The molecule has 1 atom stereocenters. The van der Waals surface area contributed by atoms with Gasteiger partial charge in [-0.15, -0.1) is 0 Å². The number of amides is 1.